The largest absolute Gasteiger partial charge is 0.389 e. The lowest BCUT2D eigenvalue weighted by atomic mass is 9.44. The fraction of sp³-hybridized carbons (Fsp3) is 0.905. The van der Waals surface area contributed by atoms with Crippen LogP contribution in [0, 0.1) is 22.7 Å². The van der Waals surface area contributed by atoms with Crippen molar-refractivity contribution in [2.75, 3.05) is 0 Å². The second kappa shape index (κ2) is 4.85. The molecule has 0 aromatic rings. The van der Waals surface area contributed by atoms with E-state index in [2.05, 4.69) is 26.8 Å². The molecule has 0 saturated heterocycles. The third-order valence-corrected chi connectivity index (χ3v) is 9.12. The Morgan fingerprint density at radius 3 is 2.57 bits per heavy atom. The monoisotopic (exact) mass is 318 g/mol. The first-order chi connectivity index (χ1) is 10.8. The molecule has 23 heavy (non-hydrogen) atoms. The predicted octanol–water partition coefficient (Wildman–Crippen LogP) is 4.60. The average molecular weight is 319 g/mol. The molecule has 2 nitrogen and oxygen atoms in total. The summed E-state index contributed by atoms with van der Waals surface area (Å²) in [6, 6.07) is 0. The van der Waals surface area contributed by atoms with Crippen LogP contribution in [0.3, 0.4) is 0 Å². The van der Waals surface area contributed by atoms with E-state index in [-0.39, 0.29) is 10.8 Å². The molecule has 0 aromatic carbocycles. The van der Waals surface area contributed by atoms with Crippen molar-refractivity contribution in [3.63, 3.8) is 0 Å². The molecule has 0 aromatic heterocycles. The first kappa shape index (κ1) is 16.1. The zero-order valence-electron chi connectivity index (χ0n) is 15.2. The second-order valence-corrected chi connectivity index (χ2v) is 9.47. The maximum atomic E-state index is 11.9. The summed E-state index contributed by atoms with van der Waals surface area (Å²) in [6.45, 7) is 6.80. The molecule has 2 N–H and O–H groups in total. The van der Waals surface area contributed by atoms with Crippen LogP contribution in [0.2, 0.25) is 0 Å². The van der Waals surface area contributed by atoms with Crippen LogP contribution in [0.15, 0.2) is 11.6 Å². The van der Waals surface area contributed by atoms with E-state index >= 15 is 0 Å². The highest BCUT2D eigenvalue weighted by atomic mass is 16.3. The fourth-order valence-corrected chi connectivity index (χ4v) is 7.38. The minimum absolute atomic E-state index is 0.00485. The van der Waals surface area contributed by atoms with Gasteiger partial charge in [0.2, 0.25) is 0 Å². The van der Waals surface area contributed by atoms with Crippen molar-refractivity contribution in [1.82, 2.24) is 0 Å². The Hall–Kier alpha value is -0.340. The van der Waals surface area contributed by atoms with Crippen molar-refractivity contribution >= 4 is 0 Å². The zero-order chi connectivity index (χ0) is 16.5. The fourth-order valence-electron chi connectivity index (χ4n) is 7.38. The Morgan fingerprint density at radius 1 is 1.04 bits per heavy atom. The van der Waals surface area contributed by atoms with Crippen LogP contribution in [-0.2, 0) is 0 Å². The van der Waals surface area contributed by atoms with Crippen molar-refractivity contribution in [3.05, 3.63) is 11.6 Å². The summed E-state index contributed by atoms with van der Waals surface area (Å²) in [5.41, 5.74) is 0.478. The molecule has 4 aliphatic rings. The highest BCUT2D eigenvalue weighted by Gasteiger charge is 2.68. The first-order valence-corrected chi connectivity index (χ1v) is 9.95. The molecule has 4 aliphatic carbocycles. The highest BCUT2D eigenvalue weighted by molar-refractivity contribution is 5.30. The van der Waals surface area contributed by atoms with Crippen molar-refractivity contribution in [2.24, 2.45) is 22.7 Å². The van der Waals surface area contributed by atoms with E-state index in [1.165, 1.54) is 24.8 Å². The number of allylic oxidation sites excluding steroid dienone is 1. The molecule has 0 radical (unpaired) electrons. The SMILES string of the molecule is CC[C@@]1(O)CC[C@H]2[C@@H]3CCC4=CCCC[C@]4(C)[C@@]3(O)CC[C@@]21C. The highest BCUT2D eigenvalue weighted by Crippen LogP contribution is 2.69. The van der Waals surface area contributed by atoms with Gasteiger partial charge in [-0.15, -0.1) is 0 Å². The van der Waals surface area contributed by atoms with Crippen LogP contribution in [0.4, 0.5) is 0 Å². The van der Waals surface area contributed by atoms with Gasteiger partial charge in [-0.3, -0.25) is 0 Å². The lowest BCUT2D eigenvalue weighted by Gasteiger charge is -2.63. The van der Waals surface area contributed by atoms with Gasteiger partial charge in [0.25, 0.3) is 0 Å². The summed E-state index contributed by atoms with van der Waals surface area (Å²) in [6.07, 6.45) is 13.0. The third kappa shape index (κ3) is 1.78. The molecule has 0 bridgehead atoms. The maximum Gasteiger partial charge on any atom is 0.0769 e. The maximum absolute atomic E-state index is 11.9. The third-order valence-electron chi connectivity index (χ3n) is 9.12. The van der Waals surface area contributed by atoms with Crippen LogP contribution in [0.25, 0.3) is 0 Å². The molecule has 0 unspecified atom stereocenters. The Bertz CT molecular complexity index is 540. The normalized spacial score (nSPS) is 55.6. The Morgan fingerprint density at radius 2 is 1.83 bits per heavy atom. The van der Waals surface area contributed by atoms with Crippen LogP contribution in [-0.4, -0.2) is 21.4 Å². The minimum Gasteiger partial charge on any atom is -0.389 e. The molecule has 3 fully saturated rings. The van der Waals surface area contributed by atoms with E-state index in [0.29, 0.717) is 11.8 Å². The van der Waals surface area contributed by atoms with Gasteiger partial charge in [-0.2, -0.15) is 0 Å². The minimum atomic E-state index is -0.541. The van der Waals surface area contributed by atoms with Crippen molar-refractivity contribution in [2.45, 2.75) is 96.2 Å². The molecule has 2 heteroatoms. The second-order valence-electron chi connectivity index (χ2n) is 9.47. The summed E-state index contributed by atoms with van der Waals surface area (Å²) in [5, 5.41) is 23.2. The van der Waals surface area contributed by atoms with Gasteiger partial charge in [-0.1, -0.05) is 32.4 Å². The topological polar surface area (TPSA) is 40.5 Å². The van der Waals surface area contributed by atoms with E-state index in [0.717, 1.165) is 44.9 Å². The molecule has 0 amide bonds. The van der Waals surface area contributed by atoms with E-state index in [4.69, 9.17) is 0 Å². The molecular weight excluding hydrogens is 284 g/mol. The summed E-state index contributed by atoms with van der Waals surface area (Å²) in [7, 11) is 0. The van der Waals surface area contributed by atoms with E-state index in [1.807, 2.05) is 0 Å². The van der Waals surface area contributed by atoms with Crippen LogP contribution in [0.1, 0.15) is 85.0 Å². The smallest absolute Gasteiger partial charge is 0.0769 e. The van der Waals surface area contributed by atoms with Gasteiger partial charge in [0.05, 0.1) is 11.2 Å². The summed E-state index contributed by atoms with van der Waals surface area (Å²) < 4.78 is 0. The van der Waals surface area contributed by atoms with Gasteiger partial charge in [0, 0.05) is 5.41 Å². The van der Waals surface area contributed by atoms with E-state index in [1.54, 1.807) is 0 Å². The van der Waals surface area contributed by atoms with Gasteiger partial charge < -0.3 is 10.2 Å². The van der Waals surface area contributed by atoms with Gasteiger partial charge in [-0.05, 0) is 81.5 Å². The number of fused-ring (bicyclic) bond motifs is 5. The molecule has 0 heterocycles. The van der Waals surface area contributed by atoms with Crippen LogP contribution >= 0.6 is 0 Å². The average Bonchev–Trinajstić information content (AvgIpc) is 2.81. The van der Waals surface area contributed by atoms with Crippen molar-refractivity contribution < 1.29 is 10.2 Å². The van der Waals surface area contributed by atoms with Crippen molar-refractivity contribution in [3.8, 4) is 0 Å². The molecule has 0 aliphatic heterocycles. The summed E-state index contributed by atoms with van der Waals surface area (Å²) in [5.74, 6) is 0.869. The van der Waals surface area contributed by atoms with Gasteiger partial charge >= 0.3 is 0 Å². The lowest BCUT2D eigenvalue weighted by molar-refractivity contribution is -0.210. The molecule has 130 valence electrons. The molecule has 0 spiro atoms. The summed E-state index contributed by atoms with van der Waals surface area (Å²) >= 11 is 0. The van der Waals surface area contributed by atoms with Crippen LogP contribution < -0.4 is 0 Å². The van der Waals surface area contributed by atoms with Gasteiger partial charge in [-0.25, -0.2) is 0 Å². The summed E-state index contributed by atoms with van der Waals surface area (Å²) in [4.78, 5) is 0. The quantitative estimate of drug-likeness (QED) is 0.694. The standard InChI is InChI=1S/C21H34O2/c1-4-20(22)12-10-16-17-9-8-15-7-5-6-11-18(15,2)21(17,23)14-13-19(16,20)3/h7,16-17,22-23H,4-6,8-14H2,1-3H3/t16-,17-,18-,19-,20+,21+/m0/s1. The van der Waals surface area contributed by atoms with E-state index in [9.17, 15) is 10.2 Å². The van der Waals surface area contributed by atoms with Crippen LogP contribution in [0.5, 0.6) is 0 Å². The zero-order valence-corrected chi connectivity index (χ0v) is 15.2. The van der Waals surface area contributed by atoms with Gasteiger partial charge in [0.1, 0.15) is 0 Å². The number of hydrogen-bond donors (Lipinski definition) is 2. The van der Waals surface area contributed by atoms with Crippen molar-refractivity contribution in [1.29, 1.82) is 0 Å². The Labute approximate surface area is 141 Å². The lowest BCUT2D eigenvalue weighted by Crippen LogP contribution is -2.64. The Kier molecular flexibility index (Phi) is 3.40. The molecular formula is C21H34O2. The van der Waals surface area contributed by atoms with Gasteiger partial charge in [0.15, 0.2) is 0 Å². The predicted molar refractivity (Wildman–Crippen MR) is 93.0 cm³/mol. The van der Waals surface area contributed by atoms with E-state index < -0.39 is 11.2 Å². The number of aliphatic hydroxyl groups is 2. The molecule has 6 atom stereocenters. The first-order valence-electron chi connectivity index (χ1n) is 9.95. The Balaban J connectivity index is 1.75. The number of hydrogen-bond acceptors (Lipinski definition) is 2. The molecule has 3 saturated carbocycles. The molecule has 4 rings (SSSR count). The number of rotatable bonds is 1.